The standard InChI is InChI=1S/C9H5NOS/c11-6-10-9-2-1-7-5-12-4-3-8(7)9/h1-5H. The Morgan fingerprint density at radius 3 is 3.08 bits per heavy atom. The fraction of sp³-hybridized carbons (Fsp3) is 0. The molecule has 2 rings (SSSR count). The molecule has 2 nitrogen and oxygen atoms in total. The SMILES string of the molecule is O=C=Nc1ccc2csccc1-2. The van der Waals surface area contributed by atoms with Gasteiger partial charge in [-0.1, -0.05) is 6.07 Å². The van der Waals surface area contributed by atoms with Gasteiger partial charge in [0.15, 0.2) is 0 Å². The van der Waals surface area contributed by atoms with Crippen LogP contribution in [-0.2, 0) is 4.79 Å². The third kappa shape index (κ3) is 1.05. The molecule has 0 bridgehead atoms. The van der Waals surface area contributed by atoms with E-state index in [-0.39, 0.29) is 0 Å². The van der Waals surface area contributed by atoms with Gasteiger partial charge in [-0.25, -0.2) is 4.79 Å². The molecule has 1 aliphatic heterocycles. The second-order valence-electron chi connectivity index (χ2n) is 2.35. The van der Waals surface area contributed by atoms with Crippen molar-refractivity contribution in [3.63, 3.8) is 0 Å². The summed E-state index contributed by atoms with van der Waals surface area (Å²) in [5.41, 5.74) is 2.83. The Labute approximate surface area is 73.5 Å². The minimum Gasteiger partial charge on any atom is -0.211 e. The Kier molecular flexibility index (Phi) is 1.74. The summed E-state index contributed by atoms with van der Waals surface area (Å²) < 4.78 is 0. The number of nitrogens with zero attached hydrogens (tertiary/aromatic N) is 1. The van der Waals surface area contributed by atoms with Crippen LogP contribution in [0.5, 0.6) is 0 Å². The topological polar surface area (TPSA) is 29.4 Å². The van der Waals surface area contributed by atoms with E-state index in [2.05, 4.69) is 4.99 Å². The first-order chi connectivity index (χ1) is 5.92. The lowest BCUT2D eigenvalue weighted by Crippen LogP contribution is -1.67. The summed E-state index contributed by atoms with van der Waals surface area (Å²) in [5, 5.41) is 3.99. The Hall–Kier alpha value is -1.44. The molecule has 0 amide bonds. The molecule has 3 heteroatoms. The van der Waals surface area contributed by atoms with Crippen molar-refractivity contribution in [3.8, 4) is 11.1 Å². The lowest BCUT2D eigenvalue weighted by Gasteiger charge is -1.95. The third-order valence-corrected chi connectivity index (χ3v) is 2.37. The van der Waals surface area contributed by atoms with Crippen LogP contribution in [0.1, 0.15) is 0 Å². The summed E-state index contributed by atoms with van der Waals surface area (Å²) in [4.78, 5) is 13.6. The maximum absolute atomic E-state index is 10.0. The number of carbonyl (C=O) groups excluding carboxylic acids is 1. The number of fused-ring (bicyclic) bond motifs is 1. The number of rotatable bonds is 1. The van der Waals surface area contributed by atoms with Gasteiger partial charge in [-0.3, -0.25) is 0 Å². The van der Waals surface area contributed by atoms with Gasteiger partial charge in [-0.15, -0.1) is 0 Å². The maximum Gasteiger partial charge on any atom is 0.240 e. The van der Waals surface area contributed by atoms with Gasteiger partial charge in [0, 0.05) is 5.56 Å². The highest BCUT2D eigenvalue weighted by molar-refractivity contribution is 7.07. The molecule has 0 radical (unpaired) electrons. The van der Waals surface area contributed by atoms with Crippen molar-refractivity contribution in [1.29, 1.82) is 0 Å². The maximum atomic E-state index is 10.0. The molecule has 0 N–H and O–H groups in total. The highest BCUT2D eigenvalue weighted by Crippen LogP contribution is 2.34. The number of hydrogen-bond acceptors (Lipinski definition) is 3. The minimum absolute atomic E-state index is 0.702. The van der Waals surface area contributed by atoms with Crippen molar-refractivity contribution in [2.45, 2.75) is 0 Å². The van der Waals surface area contributed by atoms with Gasteiger partial charge in [-0.05, 0) is 28.5 Å². The lowest BCUT2D eigenvalue weighted by molar-refractivity contribution is 0.565. The average Bonchev–Trinajstić information content (AvgIpc) is 2.50. The van der Waals surface area contributed by atoms with E-state index in [0.29, 0.717) is 5.69 Å². The summed E-state index contributed by atoms with van der Waals surface area (Å²) in [6, 6.07) is 5.72. The van der Waals surface area contributed by atoms with Gasteiger partial charge in [0.25, 0.3) is 0 Å². The van der Waals surface area contributed by atoms with Crippen LogP contribution in [0.25, 0.3) is 11.1 Å². The van der Waals surface area contributed by atoms with Crippen molar-refractivity contribution >= 4 is 23.1 Å². The molecule has 2 aliphatic rings. The van der Waals surface area contributed by atoms with E-state index in [1.807, 2.05) is 29.0 Å². The monoisotopic (exact) mass is 175 g/mol. The highest BCUT2D eigenvalue weighted by Gasteiger charge is 2.06. The van der Waals surface area contributed by atoms with Crippen LogP contribution in [0, 0.1) is 0 Å². The molecule has 0 fully saturated rings. The van der Waals surface area contributed by atoms with Crippen LogP contribution in [0.4, 0.5) is 5.69 Å². The molecule has 1 aliphatic carbocycles. The Bertz CT molecular complexity index is 415. The largest absolute Gasteiger partial charge is 0.240 e. The van der Waals surface area contributed by atoms with E-state index in [4.69, 9.17) is 0 Å². The van der Waals surface area contributed by atoms with Crippen molar-refractivity contribution in [2.24, 2.45) is 4.99 Å². The zero-order valence-corrected chi connectivity index (χ0v) is 6.97. The number of isocyanates is 1. The molecule has 0 atom stereocenters. The minimum atomic E-state index is 0.702. The molecular weight excluding hydrogens is 170 g/mol. The quantitative estimate of drug-likeness (QED) is 0.484. The van der Waals surface area contributed by atoms with Gasteiger partial charge in [0.05, 0.1) is 5.69 Å². The third-order valence-electron chi connectivity index (χ3n) is 1.68. The predicted octanol–water partition coefficient (Wildman–Crippen LogP) is 2.82. The zero-order valence-electron chi connectivity index (χ0n) is 6.15. The number of hydrogen-bond donors (Lipinski definition) is 0. The lowest BCUT2D eigenvalue weighted by atomic mass is 10.2. The zero-order chi connectivity index (χ0) is 8.39. The fourth-order valence-corrected chi connectivity index (χ4v) is 1.79. The van der Waals surface area contributed by atoms with Crippen LogP contribution in [0.2, 0.25) is 0 Å². The number of aliphatic imine (C=N–C) groups is 1. The van der Waals surface area contributed by atoms with Crippen LogP contribution in [0.15, 0.2) is 34.0 Å². The molecule has 0 aromatic rings. The second kappa shape index (κ2) is 2.89. The van der Waals surface area contributed by atoms with E-state index >= 15 is 0 Å². The predicted molar refractivity (Wildman–Crippen MR) is 48.7 cm³/mol. The second-order valence-corrected chi connectivity index (χ2v) is 3.13. The first-order valence-corrected chi connectivity index (χ1v) is 4.39. The molecule has 0 saturated heterocycles. The summed E-state index contributed by atoms with van der Waals surface area (Å²) in [5.74, 6) is 0. The van der Waals surface area contributed by atoms with E-state index in [0.717, 1.165) is 11.1 Å². The van der Waals surface area contributed by atoms with Crippen molar-refractivity contribution < 1.29 is 4.79 Å². The normalized spacial score (nSPS) is 9.67. The van der Waals surface area contributed by atoms with Crippen molar-refractivity contribution in [3.05, 3.63) is 29.0 Å². The molecule has 0 aromatic heterocycles. The van der Waals surface area contributed by atoms with Gasteiger partial charge < -0.3 is 0 Å². The highest BCUT2D eigenvalue weighted by atomic mass is 32.1. The molecule has 0 spiro atoms. The Morgan fingerprint density at radius 1 is 1.33 bits per heavy atom. The van der Waals surface area contributed by atoms with Gasteiger partial charge in [-0.2, -0.15) is 16.3 Å². The Balaban J connectivity index is 2.67. The molecule has 12 heavy (non-hydrogen) atoms. The molecule has 1 heterocycles. The van der Waals surface area contributed by atoms with Crippen LogP contribution in [0.3, 0.4) is 0 Å². The molecule has 58 valence electrons. The van der Waals surface area contributed by atoms with E-state index < -0.39 is 0 Å². The van der Waals surface area contributed by atoms with Crippen LogP contribution < -0.4 is 0 Å². The molecule has 0 unspecified atom stereocenters. The van der Waals surface area contributed by atoms with Gasteiger partial charge in [0.2, 0.25) is 6.08 Å². The summed E-state index contributed by atoms with van der Waals surface area (Å²) in [7, 11) is 0. The molecule has 0 aromatic carbocycles. The smallest absolute Gasteiger partial charge is 0.211 e. The Morgan fingerprint density at radius 2 is 2.25 bits per heavy atom. The van der Waals surface area contributed by atoms with Crippen LogP contribution >= 0.6 is 11.3 Å². The van der Waals surface area contributed by atoms with E-state index in [1.54, 1.807) is 17.4 Å². The summed E-state index contributed by atoms with van der Waals surface area (Å²) >= 11 is 1.62. The van der Waals surface area contributed by atoms with Gasteiger partial charge >= 0.3 is 0 Å². The molecule has 0 saturated carbocycles. The summed E-state index contributed by atoms with van der Waals surface area (Å²) in [6.45, 7) is 0. The van der Waals surface area contributed by atoms with Crippen molar-refractivity contribution in [2.75, 3.05) is 0 Å². The van der Waals surface area contributed by atoms with E-state index in [9.17, 15) is 4.79 Å². The first-order valence-electron chi connectivity index (χ1n) is 3.44. The van der Waals surface area contributed by atoms with Crippen molar-refractivity contribution in [1.82, 2.24) is 0 Å². The average molecular weight is 175 g/mol. The fourth-order valence-electron chi connectivity index (χ4n) is 1.15. The van der Waals surface area contributed by atoms with Crippen LogP contribution in [-0.4, -0.2) is 6.08 Å². The summed E-state index contributed by atoms with van der Waals surface area (Å²) in [6.07, 6.45) is 1.54. The first kappa shape index (κ1) is 7.22. The molecular formula is C9H5NOS. The van der Waals surface area contributed by atoms with Gasteiger partial charge in [0.1, 0.15) is 0 Å². The van der Waals surface area contributed by atoms with E-state index in [1.165, 1.54) is 0 Å².